The van der Waals surface area contributed by atoms with Gasteiger partial charge in [0.15, 0.2) is 0 Å². The third kappa shape index (κ3) is 5.13. The molecule has 2 unspecified atom stereocenters. The number of hydrogen-bond acceptors (Lipinski definition) is 3. The Morgan fingerprint density at radius 2 is 1.48 bits per heavy atom. The maximum atomic E-state index is 12.8. The molecule has 2 atom stereocenters. The Hall–Kier alpha value is -1.59. The average Bonchev–Trinajstić information content (AvgIpc) is 2.97. The fraction of sp³-hybridized carbons (Fsp3) is 0.652. The Morgan fingerprint density at radius 3 is 2.07 bits per heavy atom. The third-order valence-electron chi connectivity index (χ3n) is 7.08. The van der Waals surface area contributed by atoms with Gasteiger partial charge in [0.1, 0.15) is 0 Å². The fourth-order valence-corrected chi connectivity index (χ4v) is 5.40. The Bertz CT molecular complexity index is 687. The van der Waals surface area contributed by atoms with Crippen LogP contribution in [0.25, 0.3) is 0 Å². The van der Waals surface area contributed by atoms with Crippen LogP contribution in [-0.2, 0) is 4.79 Å². The van der Waals surface area contributed by atoms with Gasteiger partial charge in [-0.2, -0.15) is 0 Å². The molecule has 0 spiro atoms. The summed E-state index contributed by atoms with van der Waals surface area (Å²) in [5, 5.41) is 3.07. The van der Waals surface area contributed by atoms with E-state index >= 15 is 0 Å². The van der Waals surface area contributed by atoms with Crippen LogP contribution in [0.15, 0.2) is 24.3 Å². The number of carbonyl (C=O) groups excluding carboxylic acids is 2. The van der Waals surface area contributed by atoms with Gasteiger partial charge in [-0.05, 0) is 74.6 Å². The lowest BCUT2D eigenvalue weighted by molar-refractivity contribution is -0.122. The first-order valence-corrected chi connectivity index (χ1v) is 11.1. The molecule has 5 nitrogen and oxygen atoms in total. The van der Waals surface area contributed by atoms with E-state index in [1.165, 1.54) is 19.3 Å². The zero-order valence-corrected chi connectivity index (χ0v) is 18.0. The number of rotatable bonds is 3. The van der Waals surface area contributed by atoms with Gasteiger partial charge in [0.2, 0.25) is 5.91 Å². The van der Waals surface area contributed by atoms with E-state index in [0.717, 1.165) is 57.3 Å². The van der Waals surface area contributed by atoms with Crippen LogP contribution in [0.2, 0.25) is 0 Å². The summed E-state index contributed by atoms with van der Waals surface area (Å²) in [6.45, 7) is 1.70. The normalized spacial score (nSPS) is 29.3. The van der Waals surface area contributed by atoms with E-state index < -0.39 is 0 Å². The second-order valence-electron chi connectivity index (χ2n) is 8.97. The molecule has 1 aliphatic heterocycles. The molecule has 0 radical (unpaired) electrons. The quantitative estimate of drug-likeness (QED) is 0.770. The molecule has 160 valence electrons. The lowest BCUT2D eigenvalue weighted by atomic mass is 9.65. The number of carbonyl (C=O) groups is 2. The molecule has 2 aliphatic carbocycles. The number of amides is 2. The standard InChI is InChI=1S/C23H33N3O2.ClH/c24-21-17-6-5-7-18(21)15-19(14-17)22(27)25-20-10-8-16(9-11-20)23(28)26-12-3-1-2-4-13-26;/h8-11,17-19,21H,1-7,12-15,24H2,(H,25,27);1H. The fourth-order valence-electron chi connectivity index (χ4n) is 5.40. The van der Waals surface area contributed by atoms with Gasteiger partial charge in [-0.15, -0.1) is 12.4 Å². The van der Waals surface area contributed by atoms with Crippen molar-refractivity contribution in [2.24, 2.45) is 23.5 Å². The Balaban J connectivity index is 0.00000240. The van der Waals surface area contributed by atoms with Crippen LogP contribution < -0.4 is 11.1 Å². The van der Waals surface area contributed by atoms with Crippen molar-refractivity contribution in [3.63, 3.8) is 0 Å². The highest BCUT2D eigenvalue weighted by molar-refractivity contribution is 5.96. The van der Waals surface area contributed by atoms with Crippen LogP contribution in [0.4, 0.5) is 5.69 Å². The molecule has 2 amide bonds. The van der Waals surface area contributed by atoms with Gasteiger partial charge in [-0.25, -0.2) is 0 Å². The van der Waals surface area contributed by atoms with Crippen molar-refractivity contribution in [1.82, 2.24) is 4.90 Å². The highest BCUT2D eigenvalue weighted by Crippen LogP contribution is 2.42. The molecule has 29 heavy (non-hydrogen) atoms. The zero-order chi connectivity index (χ0) is 19.5. The Labute approximate surface area is 180 Å². The lowest BCUT2D eigenvalue weighted by Gasteiger charge is -2.43. The summed E-state index contributed by atoms with van der Waals surface area (Å²) in [5.74, 6) is 1.27. The minimum atomic E-state index is 0. The largest absolute Gasteiger partial charge is 0.339 e. The lowest BCUT2D eigenvalue weighted by Crippen LogP contribution is -2.48. The van der Waals surface area contributed by atoms with Gasteiger partial charge in [0, 0.05) is 36.3 Å². The molecule has 3 fully saturated rings. The summed E-state index contributed by atoms with van der Waals surface area (Å²) in [7, 11) is 0. The zero-order valence-electron chi connectivity index (χ0n) is 17.1. The molecule has 2 saturated carbocycles. The first-order valence-electron chi connectivity index (χ1n) is 11.1. The molecular weight excluding hydrogens is 386 g/mol. The molecule has 4 rings (SSSR count). The van der Waals surface area contributed by atoms with Crippen LogP contribution >= 0.6 is 12.4 Å². The van der Waals surface area contributed by atoms with Crippen molar-refractivity contribution in [2.75, 3.05) is 18.4 Å². The second-order valence-corrected chi connectivity index (χ2v) is 8.97. The Morgan fingerprint density at radius 1 is 0.897 bits per heavy atom. The number of hydrogen-bond donors (Lipinski definition) is 2. The number of fused-ring (bicyclic) bond motifs is 2. The predicted octanol–water partition coefficient (Wildman–Crippen LogP) is 4.22. The van der Waals surface area contributed by atoms with E-state index in [1.807, 2.05) is 29.2 Å². The first-order chi connectivity index (χ1) is 13.6. The van der Waals surface area contributed by atoms with Gasteiger partial charge in [-0.3, -0.25) is 9.59 Å². The van der Waals surface area contributed by atoms with Crippen LogP contribution in [0, 0.1) is 17.8 Å². The molecule has 3 N–H and O–H groups in total. The molecule has 1 heterocycles. The van der Waals surface area contributed by atoms with Crippen LogP contribution in [-0.4, -0.2) is 35.8 Å². The number of benzene rings is 1. The number of nitrogens with one attached hydrogen (secondary N) is 1. The minimum absolute atomic E-state index is 0. The smallest absolute Gasteiger partial charge is 0.253 e. The maximum absolute atomic E-state index is 12.8. The monoisotopic (exact) mass is 419 g/mol. The van der Waals surface area contributed by atoms with Crippen molar-refractivity contribution in [2.45, 2.75) is 63.8 Å². The SMILES string of the molecule is Cl.NC1C2CCCC1CC(C(=O)Nc1ccc(C(=O)N3CCCCCC3)cc1)C2. The molecule has 2 bridgehead atoms. The van der Waals surface area contributed by atoms with Crippen molar-refractivity contribution in [3.05, 3.63) is 29.8 Å². The predicted molar refractivity (Wildman–Crippen MR) is 118 cm³/mol. The van der Waals surface area contributed by atoms with E-state index in [4.69, 9.17) is 5.73 Å². The Kier molecular flexibility index (Phi) is 7.58. The first kappa shape index (κ1) is 22.1. The summed E-state index contributed by atoms with van der Waals surface area (Å²) >= 11 is 0. The molecular formula is C23H34ClN3O2. The summed E-state index contributed by atoms with van der Waals surface area (Å²) in [4.78, 5) is 27.4. The summed E-state index contributed by atoms with van der Waals surface area (Å²) in [6.07, 6.45) is 10.0. The summed E-state index contributed by atoms with van der Waals surface area (Å²) < 4.78 is 0. The van der Waals surface area contributed by atoms with Crippen molar-refractivity contribution in [3.8, 4) is 0 Å². The van der Waals surface area contributed by atoms with E-state index in [9.17, 15) is 9.59 Å². The molecule has 1 aromatic carbocycles. The van der Waals surface area contributed by atoms with Crippen LogP contribution in [0.5, 0.6) is 0 Å². The summed E-state index contributed by atoms with van der Waals surface area (Å²) in [6, 6.07) is 7.68. The number of nitrogens with two attached hydrogens (primary N) is 1. The molecule has 1 aromatic rings. The number of nitrogens with zero attached hydrogens (tertiary/aromatic N) is 1. The van der Waals surface area contributed by atoms with Crippen molar-refractivity contribution >= 4 is 29.9 Å². The number of halogens is 1. The maximum Gasteiger partial charge on any atom is 0.253 e. The molecule has 0 aromatic heterocycles. The van der Waals surface area contributed by atoms with Crippen LogP contribution in [0.1, 0.15) is 68.1 Å². The molecule has 1 saturated heterocycles. The molecule has 6 heteroatoms. The van der Waals surface area contributed by atoms with Gasteiger partial charge >= 0.3 is 0 Å². The van der Waals surface area contributed by atoms with E-state index in [1.54, 1.807) is 0 Å². The van der Waals surface area contributed by atoms with Gasteiger partial charge < -0.3 is 16.0 Å². The highest BCUT2D eigenvalue weighted by Gasteiger charge is 2.40. The van der Waals surface area contributed by atoms with E-state index in [0.29, 0.717) is 17.4 Å². The van der Waals surface area contributed by atoms with Gasteiger partial charge in [0.25, 0.3) is 5.91 Å². The number of likely N-dealkylation sites (tertiary alicyclic amines) is 1. The number of anilines is 1. The van der Waals surface area contributed by atoms with E-state index in [2.05, 4.69) is 5.32 Å². The summed E-state index contributed by atoms with van der Waals surface area (Å²) in [5.41, 5.74) is 7.83. The van der Waals surface area contributed by atoms with Crippen molar-refractivity contribution in [1.29, 1.82) is 0 Å². The minimum Gasteiger partial charge on any atom is -0.339 e. The van der Waals surface area contributed by atoms with Gasteiger partial charge in [-0.1, -0.05) is 19.3 Å². The average molecular weight is 420 g/mol. The van der Waals surface area contributed by atoms with Crippen LogP contribution in [0.3, 0.4) is 0 Å². The van der Waals surface area contributed by atoms with Gasteiger partial charge in [0.05, 0.1) is 0 Å². The molecule has 3 aliphatic rings. The highest BCUT2D eigenvalue weighted by atomic mass is 35.5. The van der Waals surface area contributed by atoms with E-state index in [-0.39, 0.29) is 36.2 Å². The third-order valence-corrected chi connectivity index (χ3v) is 7.08. The van der Waals surface area contributed by atoms with Crippen molar-refractivity contribution < 1.29 is 9.59 Å². The second kappa shape index (κ2) is 9.94. The topological polar surface area (TPSA) is 75.4 Å².